The molecular formula is C14H16N2O2. The van der Waals surface area contributed by atoms with Crippen LogP contribution in [0.2, 0.25) is 0 Å². The molecule has 0 radical (unpaired) electrons. The Hall–Kier alpha value is -2.10. The van der Waals surface area contributed by atoms with E-state index in [1.165, 1.54) is 6.39 Å². The number of nitrogens with one attached hydrogen (secondary N) is 1. The third kappa shape index (κ3) is 2.59. The summed E-state index contributed by atoms with van der Waals surface area (Å²) in [5.74, 6) is 0.174. The fourth-order valence-corrected chi connectivity index (χ4v) is 1.66. The van der Waals surface area contributed by atoms with Crippen molar-refractivity contribution < 1.29 is 9.21 Å². The number of aryl methyl sites for hydroxylation is 1. The second-order valence-corrected chi connectivity index (χ2v) is 4.54. The van der Waals surface area contributed by atoms with Gasteiger partial charge < -0.3 is 9.73 Å². The molecule has 1 heterocycles. The van der Waals surface area contributed by atoms with E-state index >= 15 is 0 Å². The van der Waals surface area contributed by atoms with Crippen molar-refractivity contribution in [2.24, 2.45) is 0 Å². The molecule has 0 unspecified atom stereocenters. The van der Waals surface area contributed by atoms with Crippen molar-refractivity contribution in [2.45, 2.75) is 26.7 Å². The van der Waals surface area contributed by atoms with Gasteiger partial charge >= 0.3 is 0 Å². The van der Waals surface area contributed by atoms with Crippen LogP contribution in [-0.2, 0) is 0 Å². The Morgan fingerprint density at radius 3 is 2.56 bits per heavy atom. The molecule has 18 heavy (non-hydrogen) atoms. The highest BCUT2D eigenvalue weighted by Gasteiger charge is 2.19. The maximum atomic E-state index is 12.0. The normalized spacial score (nSPS) is 10.7. The largest absolute Gasteiger partial charge is 0.438 e. The quantitative estimate of drug-likeness (QED) is 0.900. The lowest BCUT2D eigenvalue weighted by atomic mass is 10.1. The van der Waals surface area contributed by atoms with Crippen molar-refractivity contribution in [2.75, 3.05) is 5.32 Å². The van der Waals surface area contributed by atoms with Gasteiger partial charge in [-0.3, -0.25) is 4.79 Å². The third-order valence-electron chi connectivity index (χ3n) is 2.66. The van der Waals surface area contributed by atoms with Gasteiger partial charge in [-0.05, 0) is 25.0 Å². The Labute approximate surface area is 106 Å². The van der Waals surface area contributed by atoms with E-state index in [-0.39, 0.29) is 17.6 Å². The smallest absolute Gasteiger partial charge is 0.293 e. The first-order valence-electron chi connectivity index (χ1n) is 5.89. The first kappa shape index (κ1) is 12.4. The van der Waals surface area contributed by atoms with Crippen LogP contribution >= 0.6 is 0 Å². The molecule has 1 amide bonds. The summed E-state index contributed by atoms with van der Waals surface area (Å²) in [7, 11) is 0. The molecule has 94 valence electrons. The minimum Gasteiger partial charge on any atom is -0.438 e. The Balaban J connectivity index is 2.17. The van der Waals surface area contributed by atoms with Crippen molar-refractivity contribution in [3.63, 3.8) is 0 Å². The fraction of sp³-hybridized carbons (Fsp3) is 0.286. The van der Waals surface area contributed by atoms with Gasteiger partial charge in [-0.1, -0.05) is 31.5 Å². The summed E-state index contributed by atoms with van der Waals surface area (Å²) in [4.78, 5) is 16.1. The fourth-order valence-electron chi connectivity index (χ4n) is 1.66. The van der Waals surface area contributed by atoms with Gasteiger partial charge in [0.2, 0.25) is 5.76 Å². The van der Waals surface area contributed by atoms with E-state index in [1.807, 2.05) is 45.0 Å². The Morgan fingerprint density at radius 1 is 1.28 bits per heavy atom. The Bertz CT molecular complexity index is 541. The van der Waals surface area contributed by atoms with Crippen molar-refractivity contribution >= 4 is 11.6 Å². The summed E-state index contributed by atoms with van der Waals surface area (Å²) in [5.41, 5.74) is 2.58. The summed E-state index contributed by atoms with van der Waals surface area (Å²) in [5, 5.41) is 2.79. The van der Waals surface area contributed by atoms with Crippen molar-refractivity contribution in [1.29, 1.82) is 0 Å². The molecular weight excluding hydrogens is 228 g/mol. The van der Waals surface area contributed by atoms with Gasteiger partial charge in [-0.2, -0.15) is 0 Å². The molecule has 0 aliphatic heterocycles. The predicted molar refractivity (Wildman–Crippen MR) is 69.7 cm³/mol. The first-order chi connectivity index (χ1) is 8.58. The Morgan fingerprint density at radius 2 is 1.94 bits per heavy atom. The van der Waals surface area contributed by atoms with E-state index in [9.17, 15) is 4.79 Å². The van der Waals surface area contributed by atoms with Crippen molar-refractivity contribution in [3.8, 4) is 0 Å². The highest BCUT2D eigenvalue weighted by molar-refractivity contribution is 6.03. The van der Waals surface area contributed by atoms with Crippen LogP contribution in [0.25, 0.3) is 0 Å². The van der Waals surface area contributed by atoms with Crippen LogP contribution in [0.4, 0.5) is 5.69 Å². The standard InChI is InChI=1S/C14H16N2O2/c1-9(2)12-13(18-8-15-12)14(17)16-11-6-4-10(3)5-7-11/h4-9H,1-3H3,(H,16,17). The average molecular weight is 244 g/mol. The van der Waals surface area contributed by atoms with Crippen LogP contribution in [-0.4, -0.2) is 10.9 Å². The molecule has 1 aromatic heterocycles. The number of nitrogens with zero attached hydrogens (tertiary/aromatic N) is 1. The summed E-state index contributed by atoms with van der Waals surface area (Å²) in [6.45, 7) is 5.94. The molecule has 0 aliphatic rings. The number of amides is 1. The molecule has 4 heteroatoms. The van der Waals surface area contributed by atoms with Crippen molar-refractivity contribution in [1.82, 2.24) is 4.98 Å². The summed E-state index contributed by atoms with van der Waals surface area (Å²) in [6, 6.07) is 7.61. The molecule has 4 nitrogen and oxygen atoms in total. The predicted octanol–water partition coefficient (Wildman–Crippen LogP) is 3.36. The van der Waals surface area contributed by atoms with Crippen LogP contribution in [0, 0.1) is 6.92 Å². The molecule has 0 spiro atoms. The number of aromatic nitrogens is 1. The molecule has 0 fully saturated rings. The number of anilines is 1. The molecule has 1 N–H and O–H groups in total. The van der Waals surface area contributed by atoms with Crippen LogP contribution in [0.1, 0.15) is 41.6 Å². The van der Waals surface area contributed by atoms with Crippen LogP contribution in [0.5, 0.6) is 0 Å². The van der Waals surface area contributed by atoms with E-state index in [1.54, 1.807) is 0 Å². The molecule has 2 rings (SSSR count). The van der Waals surface area contributed by atoms with Gasteiger partial charge in [0.15, 0.2) is 6.39 Å². The van der Waals surface area contributed by atoms with Gasteiger partial charge in [0.05, 0.1) is 5.69 Å². The van der Waals surface area contributed by atoms with Gasteiger partial charge in [0.1, 0.15) is 0 Å². The molecule has 1 aromatic carbocycles. The third-order valence-corrected chi connectivity index (χ3v) is 2.66. The van der Waals surface area contributed by atoms with E-state index in [0.717, 1.165) is 11.3 Å². The maximum Gasteiger partial charge on any atom is 0.293 e. The second-order valence-electron chi connectivity index (χ2n) is 4.54. The van der Waals surface area contributed by atoms with Gasteiger partial charge in [-0.25, -0.2) is 4.98 Å². The van der Waals surface area contributed by atoms with E-state index in [4.69, 9.17) is 4.42 Å². The molecule has 2 aromatic rings. The van der Waals surface area contributed by atoms with Crippen LogP contribution in [0.3, 0.4) is 0 Å². The van der Waals surface area contributed by atoms with E-state index < -0.39 is 0 Å². The topological polar surface area (TPSA) is 55.1 Å². The highest BCUT2D eigenvalue weighted by Crippen LogP contribution is 2.19. The summed E-state index contributed by atoms with van der Waals surface area (Å²) >= 11 is 0. The minimum absolute atomic E-state index is 0.155. The van der Waals surface area contributed by atoms with Crippen molar-refractivity contribution in [3.05, 3.63) is 47.7 Å². The van der Waals surface area contributed by atoms with Crippen LogP contribution in [0.15, 0.2) is 35.1 Å². The summed E-state index contributed by atoms with van der Waals surface area (Å²) in [6.07, 6.45) is 1.30. The zero-order chi connectivity index (χ0) is 13.1. The number of oxazole rings is 1. The van der Waals surface area contributed by atoms with Gasteiger partial charge in [0.25, 0.3) is 5.91 Å². The number of rotatable bonds is 3. The van der Waals surface area contributed by atoms with E-state index in [0.29, 0.717) is 5.69 Å². The first-order valence-corrected chi connectivity index (χ1v) is 5.89. The summed E-state index contributed by atoms with van der Waals surface area (Å²) < 4.78 is 5.16. The molecule has 0 bridgehead atoms. The molecule has 0 atom stereocenters. The lowest BCUT2D eigenvalue weighted by molar-refractivity contribution is 0.0995. The number of hydrogen-bond donors (Lipinski definition) is 1. The highest BCUT2D eigenvalue weighted by atomic mass is 16.3. The maximum absolute atomic E-state index is 12.0. The number of carbonyl (C=O) groups is 1. The zero-order valence-electron chi connectivity index (χ0n) is 10.7. The number of benzene rings is 1. The number of hydrogen-bond acceptors (Lipinski definition) is 3. The van der Waals surface area contributed by atoms with E-state index in [2.05, 4.69) is 10.3 Å². The average Bonchev–Trinajstić information content (AvgIpc) is 2.81. The van der Waals surface area contributed by atoms with Crippen LogP contribution < -0.4 is 5.32 Å². The van der Waals surface area contributed by atoms with Gasteiger partial charge in [-0.15, -0.1) is 0 Å². The monoisotopic (exact) mass is 244 g/mol. The lowest BCUT2D eigenvalue weighted by Gasteiger charge is -2.06. The SMILES string of the molecule is Cc1ccc(NC(=O)c2ocnc2C(C)C)cc1. The zero-order valence-corrected chi connectivity index (χ0v) is 10.7. The van der Waals surface area contributed by atoms with Gasteiger partial charge in [0, 0.05) is 5.69 Å². The lowest BCUT2D eigenvalue weighted by Crippen LogP contribution is -2.13. The number of carbonyl (C=O) groups excluding carboxylic acids is 1. The second kappa shape index (κ2) is 5.04. The molecule has 0 saturated carbocycles. The molecule has 0 aliphatic carbocycles. The Kier molecular flexibility index (Phi) is 3.46. The minimum atomic E-state index is -0.264. The molecule has 0 saturated heterocycles.